The van der Waals surface area contributed by atoms with Crippen LogP contribution < -0.4 is 5.32 Å². The molecule has 0 spiro atoms. The molecular weight excluding hydrogens is 348 g/mol. The number of nitrogens with zero attached hydrogens (tertiary/aromatic N) is 1. The van der Waals surface area contributed by atoms with Crippen LogP contribution in [0.15, 0.2) is 40.8 Å². The third-order valence-corrected chi connectivity index (χ3v) is 4.26. The van der Waals surface area contributed by atoms with Crippen molar-refractivity contribution in [2.24, 2.45) is 0 Å². The summed E-state index contributed by atoms with van der Waals surface area (Å²) < 4.78 is 0. The minimum Gasteiger partial charge on any atom is -0.351 e. The Balaban J connectivity index is 1.97. The Morgan fingerprint density at radius 3 is 2.54 bits per heavy atom. The van der Waals surface area contributed by atoms with Crippen LogP contribution in [-0.2, 0) is 9.59 Å². The van der Waals surface area contributed by atoms with Crippen molar-refractivity contribution >= 4 is 46.5 Å². The summed E-state index contributed by atoms with van der Waals surface area (Å²) in [5, 5.41) is 2.92. The number of benzene rings is 1. The number of rotatable bonds is 5. The summed E-state index contributed by atoms with van der Waals surface area (Å²) in [4.78, 5) is 37.3. The normalized spacial score (nSPS) is 15.8. The molecule has 3 amide bonds. The lowest BCUT2D eigenvalue weighted by Gasteiger charge is -2.12. The van der Waals surface area contributed by atoms with E-state index in [0.29, 0.717) is 9.93 Å². The lowest BCUT2D eigenvalue weighted by Crippen LogP contribution is -2.36. The van der Waals surface area contributed by atoms with Crippen LogP contribution >= 0.6 is 23.4 Å². The molecular formula is C17H17ClN2O3S. The molecule has 1 aliphatic heterocycles. The van der Waals surface area contributed by atoms with Crippen molar-refractivity contribution in [3.05, 3.63) is 51.4 Å². The highest BCUT2D eigenvalue weighted by Gasteiger charge is 2.34. The van der Waals surface area contributed by atoms with Crippen molar-refractivity contribution in [2.75, 3.05) is 13.1 Å². The quantitative estimate of drug-likeness (QED) is 0.812. The van der Waals surface area contributed by atoms with Gasteiger partial charge >= 0.3 is 0 Å². The second kappa shape index (κ2) is 8.17. The number of imide groups is 1. The number of carbonyl (C=O) groups is 3. The van der Waals surface area contributed by atoms with Gasteiger partial charge in [-0.3, -0.25) is 19.3 Å². The lowest BCUT2D eigenvalue weighted by atomic mass is 10.2. The summed E-state index contributed by atoms with van der Waals surface area (Å²) in [5.41, 5.74) is 1.67. The van der Waals surface area contributed by atoms with Crippen molar-refractivity contribution in [3.63, 3.8) is 0 Å². The van der Waals surface area contributed by atoms with E-state index in [1.807, 2.05) is 13.8 Å². The summed E-state index contributed by atoms with van der Waals surface area (Å²) in [6.07, 6.45) is 3.12. The number of halogens is 1. The molecule has 1 heterocycles. The SMILES string of the molecule is CC(C)=CC(=O)NCCN1C(=O)S/C(=C/c2ccc(Cl)cc2)C1=O. The molecule has 1 aromatic rings. The number of hydrogen-bond donors (Lipinski definition) is 1. The van der Waals surface area contributed by atoms with E-state index >= 15 is 0 Å². The first-order valence-corrected chi connectivity index (χ1v) is 8.50. The van der Waals surface area contributed by atoms with E-state index in [4.69, 9.17) is 11.6 Å². The highest BCUT2D eigenvalue weighted by molar-refractivity contribution is 8.18. The zero-order valence-electron chi connectivity index (χ0n) is 13.3. The molecule has 5 nitrogen and oxygen atoms in total. The van der Waals surface area contributed by atoms with Crippen LogP contribution in [0, 0.1) is 0 Å². The standard InChI is InChI=1S/C17H17ClN2O3S/c1-11(2)9-15(21)19-7-8-20-16(22)14(24-17(20)23)10-12-3-5-13(18)6-4-12/h3-6,9-10H,7-8H2,1-2H3,(H,19,21)/b14-10+. The summed E-state index contributed by atoms with van der Waals surface area (Å²) in [7, 11) is 0. The summed E-state index contributed by atoms with van der Waals surface area (Å²) in [6.45, 7) is 4.00. The average molecular weight is 365 g/mol. The van der Waals surface area contributed by atoms with Gasteiger partial charge in [-0.1, -0.05) is 29.3 Å². The fourth-order valence-electron chi connectivity index (χ4n) is 2.01. The van der Waals surface area contributed by atoms with Gasteiger partial charge in [0.15, 0.2) is 0 Å². The zero-order chi connectivity index (χ0) is 17.7. The fourth-order valence-corrected chi connectivity index (χ4v) is 3.00. The van der Waals surface area contributed by atoms with E-state index in [2.05, 4.69) is 5.32 Å². The van der Waals surface area contributed by atoms with E-state index < -0.39 is 0 Å². The molecule has 126 valence electrons. The average Bonchev–Trinajstić information content (AvgIpc) is 2.76. The van der Waals surface area contributed by atoms with Gasteiger partial charge in [0.05, 0.1) is 4.91 Å². The Morgan fingerprint density at radius 1 is 1.25 bits per heavy atom. The first-order chi connectivity index (χ1) is 11.4. The molecule has 7 heteroatoms. The van der Waals surface area contributed by atoms with Gasteiger partial charge in [-0.2, -0.15) is 0 Å². The number of hydrogen-bond acceptors (Lipinski definition) is 4. The molecule has 1 aromatic carbocycles. The second-order valence-electron chi connectivity index (χ2n) is 5.40. The molecule has 0 bridgehead atoms. The molecule has 0 radical (unpaired) electrons. The molecule has 1 aliphatic rings. The minimum atomic E-state index is -0.351. The van der Waals surface area contributed by atoms with Gasteiger partial charge in [-0.25, -0.2) is 0 Å². The number of carbonyl (C=O) groups excluding carboxylic acids is 3. The molecule has 0 unspecified atom stereocenters. The van der Waals surface area contributed by atoms with Crippen molar-refractivity contribution in [1.29, 1.82) is 0 Å². The molecule has 0 aliphatic carbocycles. The number of allylic oxidation sites excluding steroid dienone is 1. The first kappa shape index (κ1) is 18.3. The number of nitrogens with one attached hydrogen (secondary N) is 1. The van der Waals surface area contributed by atoms with E-state index in [1.54, 1.807) is 30.3 Å². The van der Waals surface area contributed by atoms with Gasteiger partial charge in [0.25, 0.3) is 11.1 Å². The Labute approximate surface area is 149 Å². The topological polar surface area (TPSA) is 66.5 Å². The predicted molar refractivity (Wildman–Crippen MR) is 96.6 cm³/mol. The van der Waals surface area contributed by atoms with Crippen LogP contribution in [0.4, 0.5) is 4.79 Å². The molecule has 2 rings (SSSR count). The Morgan fingerprint density at radius 2 is 1.92 bits per heavy atom. The van der Waals surface area contributed by atoms with E-state index in [-0.39, 0.29) is 30.1 Å². The minimum absolute atomic E-state index is 0.144. The Hall–Kier alpha value is -2.05. The Bertz CT molecular complexity index is 722. The zero-order valence-corrected chi connectivity index (χ0v) is 14.9. The number of amides is 3. The molecule has 0 saturated carbocycles. The van der Waals surface area contributed by atoms with Gasteiger partial charge in [-0.05, 0) is 49.4 Å². The monoisotopic (exact) mass is 364 g/mol. The molecule has 1 saturated heterocycles. The molecule has 1 fully saturated rings. The fraction of sp³-hybridized carbons (Fsp3) is 0.235. The summed E-state index contributed by atoms with van der Waals surface area (Å²) in [6, 6.07) is 6.98. The highest BCUT2D eigenvalue weighted by atomic mass is 35.5. The third kappa shape index (κ3) is 4.97. The molecule has 0 aromatic heterocycles. The van der Waals surface area contributed by atoms with Crippen LogP contribution in [0.2, 0.25) is 5.02 Å². The van der Waals surface area contributed by atoms with Gasteiger partial charge in [0.2, 0.25) is 5.91 Å². The van der Waals surface area contributed by atoms with Crippen molar-refractivity contribution in [2.45, 2.75) is 13.8 Å². The lowest BCUT2D eigenvalue weighted by molar-refractivity contribution is -0.123. The van der Waals surface area contributed by atoms with Crippen LogP contribution in [0.25, 0.3) is 6.08 Å². The number of thioether (sulfide) groups is 1. The Kier molecular flexibility index (Phi) is 6.23. The van der Waals surface area contributed by atoms with Crippen LogP contribution in [0.5, 0.6) is 0 Å². The summed E-state index contributed by atoms with van der Waals surface area (Å²) in [5.74, 6) is -0.588. The molecule has 0 atom stereocenters. The third-order valence-electron chi connectivity index (χ3n) is 3.10. The molecule has 24 heavy (non-hydrogen) atoms. The largest absolute Gasteiger partial charge is 0.351 e. The van der Waals surface area contributed by atoms with E-state index in [0.717, 1.165) is 27.8 Å². The van der Waals surface area contributed by atoms with Gasteiger partial charge < -0.3 is 5.32 Å². The maximum atomic E-state index is 12.3. The second-order valence-corrected chi connectivity index (χ2v) is 6.83. The summed E-state index contributed by atoms with van der Waals surface area (Å²) >= 11 is 6.71. The first-order valence-electron chi connectivity index (χ1n) is 7.30. The van der Waals surface area contributed by atoms with Gasteiger partial charge in [0.1, 0.15) is 0 Å². The van der Waals surface area contributed by atoms with Crippen LogP contribution in [0.3, 0.4) is 0 Å². The van der Waals surface area contributed by atoms with Crippen LogP contribution in [0.1, 0.15) is 19.4 Å². The van der Waals surface area contributed by atoms with Crippen molar-refractivity contribution in [3.8, 4) is 0 Å². The predicted octanol–water partition coefficient (Wildman–Crippen LogP) is 3.46. The van der Waals surface area contributed by atoms with Crippen LogP contribution in [-0.4, -0.2) is 35.0 Å². The van der Waals surface area contributed by atoms with Gasteiger partial charge in [-0.15, -0.1) is 0 Å². The van der Waals surface area contributed by atoms with E-state index in [9.17, 15) is 14.4 Å². The maximum Gasteiger partial charge on any atom is 0.293 e. The highest BCUT2D eigenvalue weighted by Crippen LogP contribution is 2.32. The van der Waals surface area contributed by atoms with Crippen molar-refractivity contribution in [1.82, 2.24) is 10.2 Å². The van der Waals surface area contributed by atoms with Crippen molar-refractivity contribution < 1.29 is 14.4 Å². The maximum absolute atomic E-state index is 12.3. The van der Waals surface area contributed by atoms with E-state index in [1.165, 1.54) is 6.08 Å². The smallest absolute Gasteiger partial charge is 0.293 e. The van der Waals surface area contributed by atoms with Gasteiger partial charge in [0, 0.05) is 24.2 Å². The molecule has 1 N–H and O–H groups in total.